The van der Waals surface area contributed by atoms with Crippen LogP contribution in [0.3, 0.4) is 0 Å². The Hall–Kier alpha value is -2.35. The normalized spacial score (nSPS) is 13.6. The van der Waals surface area contributed by atoms with E-state index in [-0.39, 0.29) is 11.4 Å². The molecule has 23 heavy (non-hydrogen) atoms. The van der Waals surface area contributed by atoms with Crippen LogP contribution >= 0.6 is 0 Å². The fourth-order valence-electron chi connectivity index (χ4n) is 2.63. The van der Waals surface area contributed by atoms with Crippen LogP contribution in [-0.4, -0.2) is 31.3 Å². The summed E-state index contributed by atoms with van der Waals surface area (Å²) >= 11 is 0. The number of fused-ring (bicyclic) bond motifs is 1. The number of nitrogens with one attached hydrogen (secondary N) is 1. The highest BCUT2D eigenvalue weighted by atomic mass is 32.2. The van der Waals surface area contributed by atoms with E-state index in [9.17, 15) is 13.2 Å². The van der Waals surface area contributed by atoms with Crippen LogP contribution in [0.25, 0.3) is 0 Å². The molecule has 2 aromatic rings. The van der Waals surface area contributed by atoms with Crippen LogP contribution in [-0.2, 0) is 38.9 Å². The minimum Gasteiger partial charge on any atom is -0.468 e. The molecule has 1 aliphatic rings. The van der Waals surface area contributed by atoms with E-state index in [0.29, 0.717) is 5.69 Å². The second-order valence-electron chi connectivity index (χ2n) is 5.39. The number of nitrogens with zero attached hydrogens (tertiary/aromatic N) is 2. The lowest BCUT2D eigenvalue weighted by atomic mass is 10.1. The minimum atomic E-state index is -3.68. The maximum Gasteiger partial charge on any atom is 0.327 e. The molecule has 1 N–H and O–H groups in total. The van der Waals surface area contributed by atoms with Gasteiger partial charge in [-0.25, -0.2) is 8.42 Å². The summed E-state index contributed by atoms with van der Waals surface area (Å²) in [5.41, 5.74) is 2.61. The number of rotatable bonds is 5. The molecule has 1 heterocycles. The van der Waals surface area contributed by atoms with E-state index in [4.69, 9.17) is 0 Å². The van der Waals surface area contributed by atoms with Gasteiger partial charge in [0.05, 0.1) is 23.9 Å². The SMILES string of the molecule is COC(=O)Cn1cc(NS(=O)(=O)c2ccc3c(c2)CCC3)cn1. The number of carbonyl (C=O) groups excluding carboxylic acids is 1. The second kappa shape index (κ2) is 6.04. The topological polar surface area (TPSA) is 90.3 Å². The molecule has 7 nitrogen and oxygen atoms in total. The molecule has 122 valence electrons. The van der Waals surface area contributed by atoms with Gasteiger partial charge in [0.25, 0.3) is 10.0 Å². The molecule has 0 spiro atoms. The molecule has 0 radical (unpaired) electrons. The van der Waals surface area contributed by atoms with Gasteiger partial charge in [-0.3, -0.25) is 14.2 Å². The lowest BCUT2D eigenvalue weighted by Gasteiger charge is -2.08. The Morgan fingerprint density at radius 3 is 2.91 bits per heavy atom. The van der Waals surface area contributed by atoms with Crippen LogP contribution in [0.2, 0.25) is 0 Å². The zero-order chi connectivity index (χ0) is 16.4. The van der Waals surface area contributed by atoms with E-state index in [0.717, 1.165) is 24.8 Å². The molecule has 8 heteroatoms. The molecule has 0 saturated carbocycles. The summed E-state index contributed by atoms with van der Waals surface area (Å²) in [5, 5.41) is 3.93. The van der Waals surface area contributed by atoms with Gasteiger partial charge in [0.15, 0.2) is 0 Å². The summed E-state index contributed by atoms with van der Waals surface area (Å²) in [5.74, 6) is -0.457. The monoisotopic (exact) mass is 335 g/mol. The third-order valence-electron chi connectivity index (χ3n) is 3.78. The Bertz CT molecular complexity index is 842. The average Bonchev–Trinajstić information content (AvgIpc) is 3.15. The largest absolute Gasteiger partial charge is 0.468 e. The molecular weight excluding hydrogens is 318 g/mol. The molecule has 1 aromatic carbocycles. The van der Waals surface area contributed by atoms with Gasteiger partial charge in [-0.2, -0.15) is 5.10 Å². The first-order valence-electron chi connectivity index (χ1n) is 7.22. The first-order valence-corrected chi connectivity index (χ1v) is 8.70. The summed E-state index contributed by atoms with van der Waals surface area (Å²) in [6.07, 6.45) is 5.78. The van der Waals surface area contributed by atoms with Crippen molar-refractivity contribution in [2.24, 2.45) is 0 Å². The number of hydrogen-bond donors (Lipinski definition) is 1. The van der Waals surface area contributed by atoms with Gasteiger partial charge in [0.2, 0.25) is 0 Å². The smallest absolute Gasteiger partial charge is 0.327 e. The van der Waals surface area contributed by atoms with Crippen molar-refractivity contribution in [3.05, 3.63) is 41.7 Å². The molecule has 0 fully saturated rings. The highest BCUT2D eigenvalue weighted by Crippen LogP contribution is 2.25. The summed E-state index contributed by atoms with van der Waals surface area (Å²) in [6.45, 7) is -0.0723. The fourth-order valence-corrected chi connectivity index (χ4v) is 3.71. The predicted octanol–water partition coefficient (Wildman–Crippen LogP) is 1.35. The Morgan fingerprint density at radius 1 is 1.35 bits per heavy atom. The quantitative estimate of drug-likeness (QED) is 0.833. The number of sulfonamides is 1. The summed E-state index contributed by atoms with van der Waals surface area (Å²) < 4.78 is 33.2. The number of hydrogen-bond acceptors (Lipinski definition) is 5. The van der Waals surface area contributed by atoms with E-state index in [2.05, 4.69) is 14.6 Å². The maximum atomic E-state index is 12.4. The number of anilines is 1. The number of methoxy groups -OCH3 is 1. The highest BCUT2D eigenvalue weighted by Gasteiger charge is 2.19. The first-order chi connectivity index (χ1) is 11.0. The number of aryl methyl sites for hydroxylation is 2. The third kappa shape index (κ3) is 3.37. The van der Waals surface area contributed by atoms with Gasteiger partial charge in [-0.15, -0.1) is 0 Å². The van der Waals surface area contributed by atoms with Gasteiger partial charge in [-0.1, -0.05) is 6.07 Å². The summed E-state index contributed by atoms with van der Waals surface area (Å²) in [6, 6.07) is 5.21. The van der Waals surface area contributed by atoms with Crippen molar-refractivity contribution in [1.29, 1.82) is 0 Å². The van der Waals surface area contributed by atoms with E-state index < -0.39 is 16.0 Å². The molecular formula is C15H17N3O4S. The summed E-state index contributed by atoms with van der Waals surface area (Å²) in [7, 11) is -2.39. The Balaban J connectivity index is 1.77. The Kier molecular flexibility index (Phi) is 4.08. The van der Waals surface area contributed by atoms with Crippen LogP contribution in [0, 0.1) is 0 Å². The van der Waals surface area contributed by atoms with Crippen molar-refractivity contribution < 1.29 is 17.9 Å². The van der Waals surface area contributed by atoms with Gasteiger partial charge in [-0.05, 0) is 42.5 Å². The zero-order valence-electron chi connectivity index (χ0n) is 12.7. The lowest BCUT2D eigenvalue weighted by Crippen LogP contribution is -2.13. The number of carbonyl (C=O) groups is 1. The number of benzene rings is 1. The van der Waals surface area contributed by atoms with E-state index in [1.165, 1.54) is 29.7 Å². The van der Waals surface area contributed by atoms with Crippen LogP contribution in [0.4, 0.5) is 5.69 Å². The van der Waals surface area contributed by atoms with Crippen molar-refractivity contribution in [3.8, 4) is 0 Å². The lowest BCUT2D eigenvalue weighted by molar-refractivity contribution is -0.141. The summed E-state index contributed by atoms with van der Waals surface area (Å²) in [4.78, 5) is 11.4. The molecule has 0 saturated heterocycles. The Labute approximate surface area is 134 Å². The second-order valence-corrected chi connectivity index (χ2v) is 7.07. The Morgan fingerprint density at radius 2 is 2.13 bits per heavy atom. The van der Waals surface area contributed by atoms with Crippen molar-refractivity contribution in [1.82, 2.24) is 9.78 Å². The number of aromatic nitrogens is 2. The van der Waals surface area contributed by atoms with E-state index in [1.807, 2.05) is 6.07 Å². The molecule has 0 unspecified atom stereocenters. The maximum absolute atomic E-state index is 12.4. The van der Waals surface area contributed by atoms with Crippen molar-refractivity contribution >= 4 is 21.7 Å². The van der Waals surface area contributed by atoms with Gasteiger partial charge < -0.3 is 4.74 Å². The predicted molar refractivity (Wildman–Crippen MR) is 83.5 cm³/mol. The standard InChI is InChI=1S/C15H17N3O4S/c1-22-15(19)10-18-9-13(8-16-18)17-23(20,21)14-6-5-11-3-2-4-12(11)7-14/h5-9,17H,2-4,10H2,1H3. The molecule has 0 atom stereocenters. The van der Waals surface area contributed by atoms with Crippen LogP contribution in [0.15, 0.2) is 35.5 Å². The first kappa shape index (κ1) is 15.5. The van der Waals surface area contributed by atoms with Gasteiger partial charge in [0.1, 0.15) is 6.54 Å². The highest BCUT2D eigenvalue weighted by molar-refractivity contribution is 7.92. The number of esters is 1. The van der Waals surface area contributed by atoms with Gasteiger partial charge in [0, 0.05) is 6.20 Å². The molecule has 0 amide bonds. The molecule has 0 bridgehead atoms. The number of ether oxygens (including phenoxy) is 1. The fraction of sp³-hybridized carbons (Fsp3) is 0.333. The molecule has 3 rings (SSSR count). The minimum absolute atomic E-state index is 0.0723. The van der Waals surface area contributed by atoms with Crippen molar-refractivity contribution in [3.63, 3.8) is 0 Å². The molecule has 1 aliphatic carbocycles. The van der Waals surface area contributed by atoms with Crippen LogP contribution in [0.1, 0.15) is 17.5 Å². The molecule has 0 aliphatic heterocycles. The average molecular weight is 335 g/mol. The van der Waals surface area contributed by atoms with Crippen molar-refractivity contribution in [2.75, 3.05) is 11.8 Å². The zero-order valence-corrected chi connectivity index (χ0v) is 13.5. The van der Waals surface area contributed by atoms with Crippen molar-refractivity contribution in [2.45, 2.75) is 30.7 Å². The van der Waals surface area contributed by atoms with Gasteiger partial charge >= 0.3 is 5.97 Å². The van der Waals surface area contributed by atoms with Crippen LogP contribution in [0.5, 0.6) is 0 Å². The van der Waals surface area contributed by atoms with E-state index in [1.54, 1.807) is 12.1 Å². The third-order valence-corrected chi connectivity index (χ3v) is 5.16. The van der Waals surface area contributed by atoms with Crippen LogP contribution < -0.4 is 4.72 Å². The van der Waals surface area contributed by atoms with E-state index >= 15 is 0 Å². The molecule has 1 aromatic heterocycles.